The van der Waals surface area contributed by atoms with E-state index in [9.17, 15) is 22.0 Å². The summed E-state index contributed by atoms with van der Waals surface area (Å²) in [5.74, 6) is -5.94. The highest BCUT2D eigenvalue weighted by molar-refractivity contribution is 6.22. The fourth-order valence-electron chi connectivity index (χ4n) is 1.58. The van der Waals surface area contributed by atoms with Gasteiger partial charge in [0.05, 0.1) is 5.38 Å². The van der Waals surface area contributed by atoms with Crippen molar-refractivity contribution >= 4 is 11.6 Å². The van der Waals surface area contributed by atoms with Crippen LogP contribution in [-0.2, 0) is 0 Å². The topological polar surface area (TPSA) is 0 Å². The number of rotatable bonds is 2. The molecule has 0 nitrogen and oxygen atoms in total. The lowest BCUT2D eigenvalue weighted by atomic mass is 10.0. The molecule has 0 radical (unpaired) electrons. The van der Waals surface area contributed by atoms with Crippen LogP contribution in [0, 0.1) is 29.1 Å². The first-order valence-electron chi connectivity index (χ1n) is 5.13. The van der Waals surface area contributed by atoms with Gasteiger partial charge in [0.15, 0.2) is 23.3 Å². The summed E-state index contributed by atoms with van der Waals surface area (Å²) in [7, 11) is 0. The Morgan fingerprint density at radius 3 is 1.89 bits per heavy atom. The summed E-state index contributed by atoms with van der Waals surface area (Å²) in [5.41, 5.74) is -0.322. The van der Waals surface area contributed by atoms with E-state index in [0.717, 1.165) is 18.2 Å². The van der Waals surface area contributed by atoms with Gasteiger partial charge in [0.2, 0.25) is 0 Å². The summed E-state index contributed by atoms with van der Waals surface area (Å²) >= 11 is 5.87. The van der Waals surface area contributed by atoms with Gasteiger partial charge in [-0.05, 0) is 23.8 Å². The van der Waals surface area contributed by atoms with Crippen LogP contribution in [0.5, 0.6) is 0 Å². The van der Waals surface area contributed by atoms with Crippen molar-refractivity contribution in [2.24, 2.45) is 0 Å². The first kappa shape index (κ1) is 13.8. The van der Waals surface area contributed by atoms with Gasteiger partial charge in [0.1, 0.15) is 5.82 Å². The second-order valence-corrected chi connectivity index (χ2v) is 4.26. The molecule has 2 aromatic rings. The van der Waals surface area contributed by atoms with Crippen LogP contribution in [-0.4, -0.2) is 0 Å². The standard InChI is InChI=1S/C13H6ClF5/c14-13(6-1-2-8(15)10(17)3-6)7-4-11(18)12(19)5-9(7)16/h1-5,13H. The third-order valence-corrected chi connectivity index (χ3v) is 3.04. The molecule has 0 heterocycles. The SMILES string of the molecule is Fc1ccc(C(Cl)c2cc(F)c(F)cc2F)cc1F. The van der Waals surface area contributed by atoms with Crippen LogP contribution in [0.2, 0.25) is 0 Å². The molecular weight excluding hydrogens is 287 g/mol. The first-order chi connectivity index (χ1) is 8.90. The molecule has 0 saturated carbocycles. The summed E-state index contributed by atoms with van der Waals surface area (Å²) in [5, 5.41) is -1.26. The normalized spacial score (nSPS) is 12.5. The van der Waals surface area contributed by atoms with E-state index in [4.69, 9.17) is 11.6 Å². The molecule has 0 aliphatic heterocycles. The maximum Gasteiger partial charge on any atom is 0.161 e. The molecule has 0 saturated heterocycles. The highest BCUT2D eigenvalue weighted by Gasteiger charge is 2.19. The molecule has 0 aliphatic rings. The molecule has 2 aromatic carbocycles. The van der Waals surface area contributed by atoms with Crippen LogP contribution in [0.25, 0.3) is 0 Å². The molecule has 0 bridgehead atoms. The average molecular weight is 293 g/mol. The predicted octanol–water partition coefficient (Wildman–Crippen LogP) is 4.71. The van der Waals surface area contributed by atoms with Gasteiger partial charge < -0.3 is 0 Å². The van der Waals surface area contributed by atoms with Crippen LogP contribution >= 0.6 is 11.6 Å². The van der Waals surface area contributed by atoms with Crippen molar-refractivity contribution in [3.05, 3.63) is 70.5 Å². The quantitative estimate of drug-likeness (QED) is 0.427. The Balaban J connectivity index is 2.46. The van der Waals surface area contributed by atoms with E-state index in [1.54, 1.807) is 0 Å². The second-order valence-electron chi connectivity index (χ2n) is 3.82. The number of hydrogen-bond acceptors (Lipinski definition) is 0. The third kappa shape index (κ3) is 2.71. The van der Waals surface area contributed by atoms with Crippen molar-refractivity contribution in [2.75, 3.05) is 0 Å². The zero-order valence-electron chi connectivity index (χ0n) is 9.23. The lowest BCUT2D eigenvalue weighted by Gasteiger charge is -2.12. The van der Waals surface area contributed by atoms with E-state index in [1.807, 2.05) is 0 Å². The zero-order valence-corrected chi connectivity index (χ0v) is 9.99. The van der Waals surface area contributed by atoms with E-state index in [1.165, 1.54) is 0 Å². The summed E-state index contributed by atoms with van der Waals surface area (Å²) < 4.78 is 65.1. The molecule has 0 aromatic heterocycles. The molecule has 0 amide bonds. The Labute approximate surface area is 110 Å². The molecule has 2 rings (SSSR count). The largest absolute Gasteiger partial charge is 0.207 e. The number of halogens is 6. The maximum atomic E-state index is 13.5. The lowest BCUT2D eigenvalue weighted by Crippen LogP contribution is -2.01. The smallest absolute Gasteiger partial charge is 0.161 e. The lowest BCUT2D eigenvalue weighted by molar-refractivity contribution is 0.490. The fourth-order valence-corrected chi connectivity index (χ4v) is 1.88. The minimum absolute atomic E-state index is 0.0328. The van der Waals surface area contributed by atoms with Crippen molar-refractivity contribution in [2.45, 2.75) is 5.38 Å². The Morgan fingerprint density at radius 1 is 0.684 bits per heavy atom. The van der Waals surface area contributed by atoms with E-state index in [-0.39, 0.29) is 11.1 Å². The third-order valence-electron chi connectivity index (χ3n) is 2.55. The summed E-state index contributed by atoms with van der Waals surface area (Å²) in [6.07, 6.45) is 0. The van der Waals surface area contributed by atoms with Gasteiger partial charge in [-0.2, -0.15) is 0 Å². The first-order valence-corrected chi connectivity index (χ1v) is 5.57. The highest BCUT2D eigenvalue weighted by atomic mass is 35.5. The van der Waals surface area contributed by atoms with Crippen LogP contribution < -0.4 is 0 Å². The maximum absolute atomic E-state index is 13.5. The van der Waals surface area contributed by atoms with Gasteiger partial charge in [0, 0.05) is 11.6 Å². The Bertz CT molecular complexity index is 627. The van der Waals surface area contributed by atoms with Crippen LogP contribution in [0.15, 0.2) is 30.3 Å². The monoisotopic (exact) mass is 292 g/mol. The molecule has 1 atom stereocenters. The van der Waals surface area contributed by atoms with Crippen molar-refractivity contribution in [1.29, 1.82) is 0 Å². The van der Waals surface area contributed by atoms with Gasteiger partial charge in [-0.3, -0.25) is 0 Å². The van der Waals surface area contributed by atoms with Crippen LogP contribution in [0.3, 0.4) is 0 Å². The van der Waals surface area contributed by atoms with E-state index >= 15 is 0 Å². The molecule has 0 fully saturated rings. The molecule has 6 heteroatoms. The number of hydrogen-bond donors (Lipinski definition) is 0. The molecule has 0 spiro atoms. The summed E-state index contributed by atoms with van der Waals surface area (Å²) in [6, 6.07) is 3.66. The summed E-state index contributed by atoms with van der Waals surface area (Å²) in [6.45, 7) is 0. The minimum Gasteiger partial charge on any atom is -0.207 e. The van der Waals surface area contributed by atoms with E-state index in [2.05, 4.69) is 0 Å². The molecule has 1 unspecified atom stereocenters. The molecule has 100 valence electrons. The number of alkyl halides is 1. The van der Waals surface area contributed by atoms with Gasteiger partial charge in [0.25, 0.3) is 0 Å². The number of benzene rings is 2. The highest BCUT2D eigenvalue weighted by Crippen LogP contribution is 2.32. The Kier molecular flexibility index (Phi) is 3.75. The molecule has 19 heavy (non-hydrogen) atoms. The second kappa shape index (κ2) is 5.17. The van der Waals surface area contributed by atoms with Crippen molar-refractivity contribution in [1.82, 2.24) is 0 Å². The molecule has 0 N–H and O–H groups in total. The van der Waals surface area contributed by atoms with Crippen molar-refractivity contribution < 1.29 is 22.0 Å². The fraction of sp³-hybridized carbons (Fsp3) is 0.0769. The predicted molar refractivity (Wildman–Crippen MR) is 60.4 cm³/mol. The van der Waals surface area contributed by atoms with Gasteiger partial charge in [-0.25, -0.2) is 22.0 Å². The molecular formula is C13H6ClF5. The molecule has 0 aliphatic carbocycles. The van der Waals surface area contributed by atoms with Gasteiger partial charge in [-0.15, -0.1) is 11.6 Å². The summed E-state index contributed by atoms with van der Waals surface area (Å²) in [4.78, 5) is 0. The van der Waals surface area contributed by atoms with Crippen molar-refractivity contribution in [3.63, 3.8) is 0 Å². The van der Waals surface area contributed by atoms with E-state index in [0.29, 0.717) is 12.1 Å². The van der Waals surface area contributed by atoms with Crippen LogP contribution in [0.4, 0.5) is 22.0 Å². The Hall–Kier alpha value is -1.62. The van der Waals surface area contributed by atoms with Crippen molar-refractivity contribution in [3.8, 4) is 0 Å². The Morgan fingerprint density at radius 2 is 1.26 bits per heavy atom. The van der Waals surface area contributed by atoms with Gasteiger partial charge >= 0.3 is 0 Å². The van der Waals surface area contributed by atoms with E-state index < -0.39 is 34.5 Å². The average Bonchev–Trinajstić information content (AvgIpc) is 2.36. The van der Waals surface area contributed by atoms with Crippen LogP contribution in [0.1, 0.15) is 16.5 Å². The van der Waals surface area contributed by atoms with Gasteiger partial charge in [-0.1, -0.05) is 6.07 Å². The zero-order chi connectivity index (χ0) is 14.2. The minimum atomic E-state index is -1.35.